The Morgan fingerprint density at radius 3 is 2.91 bits per heavy atom. The number of nitrogens with one attached hydrogen (secondary N) is 1. The van der Waals surface area contributed by atoms with E-state index in [1.165, 1.54) is 0 Å². The van der Waals surface area contributed by atoms with E-state index in [2.05, 4.69) is 22.3 Å². The summed E-state index contributed by atoms with van der Waals surface area (Å²) in [6.45, 7) is 2.71. The van der Waals surface area contributed by atoms with Gasteiger partial charge in [0.1, 0.15) is 0 Å². The summed E-state index contributed by atoms with van der Waals surface area (Å²) < 4.78 is 1.72. The van der Waals surface area contributed by atoms with Gasteiger partial charge in [-0.1, -0.05) is 24.1 Å². The van der Waals surface area contributed by atoms with E-state index >= 15 is 0 Å². The van der Waals surface area contributed by atoms with Gasteiger partial charge in [-0.2, -0.15) is 5.10 Å². The maximum atomic E-state index is 12.7. The lowest BCUT2D eigenvalue weighted by Crippen LogP contribution is -2.38. The van der Waals surface area contributed by atoms with Crippen LogP contribution in [0.5, 0.6) is 0 Å². The van der Waals surface area contributed by atoms with Crippen molar-refractivity contribution in [3.8, 4) is 11.8 Å². The lowest BCUT2D eigenvalue weighted by Gasteiger charge is -2.15. The Morgan fingerprint density at radius 1 is 1.35 bits per heavy atom. The van der Waals surface area contributed by atoms with Crippen LogP contribution in [0.25, 0.3) is 10.9 Å². The number of para-hydroxylation sites is 1. The molecule has 1 aromatic heterocycles. The molecule has 0 saturated carbocycles. The second-order valence-corrected chi connectivity index (χ2v) is 5.57. The minimum atomic E-state index is -0.296. The van der Waals surface area contributed by atoms with E-state index in [1.807, 2.05) is 31.3 Å². The van der Waals surface area contributed by atoms with Gasteiger partial charge in [-0.25, -0.2) is 0 Å². The first-order valence-electron chi connectivity index (χ1n) is 7.54. The third-order valence-corrected chi connectivity index (χ3v) is 4.01. The van der Waals surface area contributed by atoms with E-state index in [4.69, 9.17) is 0 Å². The first-order valence-corrected chi connectivity index (χ1v) is 7.54. The molecule has 6 heteroatoms. The predicted molar refractivity (Wildman–Crippen MR) is 86.6 cm³/mol. The van der Waals surface area contributed by atoms with Crippen molar-refractivity contribution in [2.45, 2.75) is 19.4 Å². The van der Waals surface area contributed by atoms with Crippen LogP contribution >= 0.6 is 0 Å². The van der Waals surface area contributed by atoms with Gasteiger partial charge < -0.3 is 10.2 Å². The highest BCUT2D eigenvalue weighted by molar-refractivity contribution is 6.05. The van der Waals surface area contributed by atoms with Crippen LogP contribution in [0.15, 0.2) is 24.3 Å². The Kier molecular flexibility index (Phi) is 4.02. The van der Waals surface area contributed by atoms with E-state index in [9.17, 15) is 9.59 Å². The molecule has 1 aliphatic heterocycles. The van der Waals surface area contributed by atoms with Crippen molar-refractivity contribution in [2.75, 3.05) is 13.1 Å². The highest BCUT2D eigenvalue weighted by atomic mass is 16.2. The zero-order chi connectivity index (χ0) is 16.4. The van der Waals surface area contributed by atoms with Crippen LogP contribution in [0, 0.1) is 11.8 Å². The number of hydrogen-bond donors (Lipinski definition) is 1. The molecule has 1 N–H and O–H groups in total. The normalized spacial score (nSPS) is 17.0. The molecule has 2 heterocycles. The number of carbonyl (C=O) groups is 2. The molecule has 0 aliphatic carbocycles. The van der Waals surface area contributed by atoms with Crippen molar-refractivity contribution in [2.24, 2.45) is 7.05 Å². The van der Waals surface area contributed by atoms with E-state index in [0.717, 1.165) is 17.3 Å². The number of carbonyl (C=O) groups excluding carboxylic acids is 2. The summed E-state index contributed by atoms with van der Waals surface area (Å²) in [5.74, 6) is 4.63. The highest BCUT2D eigenvalue weighted by Gasteiger charge is 2.30. The standard InChI is InChI=1S/C17H18N4O2/c1-3-6-15(22)18-12-9-10-21(11-12)17(23)16-13-7-4-5-8-14(13)20(2)19-16/h4-5,7-8,12H,9-11H2,1-2H3,(H,18,22). The molecule has 1 saturated heterocycles. The Hall–Kier alpha value is -2.81. The van der Waals surface area contributed by atoms with Crippen LogP contribution in [-0.4, -0.2) is 45.6 Å². The predicted octanol–water partition coefficient (Wildman–Crippen LogP) is 0.927. The average Bonchev–Trinajstić information content (AvgIpc) is 3.12. The first kappa shape index (κ1) is 15.1. The quantitative estimate of drug-likeness (QED) is 0.839. The van der Waals surface area contributed by atoms with Crippen LogP contribution in [0.1, 0.15) is 23.8 Å². The number of fused-ring (bicyclic) bond motifs is 1. The van der Waals surface area contributed by atoms with Gasteiger partial charge in [-0.15, -0.1) is 0 Å². The first-order chi connectivity index (χ1) is 11.1. The SMILES string of the molecule is CC#CC(=O)NC1CCN(C(=O)c2nn(C)c3ccccc23)C1. The molecule has 118 valence electrons. The lowest BCUT2D eigenvalue weighted by molar-refractivity contribution is -0.116. The molecular formula is C17H18N4O2. The van der Waals surface area contributed by atoms with Gasteiger partial charge in [0.15, 0.2) is 5.69 Å². The van der Waals surface area contributed by atoms with Gasteiger partial charge in [-0.05, 0) is 25.3 Å². The summed E-state index contributed by atoms with van der Waals surface area (Å²) >= 11 is 0. The van der Waals surface area contributed by atoms with Crippen molar-refractivity contribution >= 4 is 22.7 Å². The average molecular weight is 310 g/mol. The Balaban J connectivity index is 1.76. The number of amides is 2. The fourth-order valence-corrected chi connectivity index (χ4v) is 2.92. The largest absolute Gasteiger partial charge is 0.341 e. The molecule has 2 amide bonds. The molecule has 23 heavy (non-hydrogen) atoms. The topological polar surface area (TPSA) is 67.2 Å². The van der Waals surface area contributed by atoms with E-state index in [0.29, 0.717) is 18.8 Å². The monoisotopic (exact) mass is 310 g/mol. The van der Waals surface area contributed by atoms with Gasteiger partial charge in [0.25, 0.3) is 11.8 Å². The summed E-state index contributed by atoms with van der Waals surface area (Å²) in [5.41, 5.74) is 1.39. The number of aryl methyl sites for hydroxylation is 1. The fourth-order valence-electron chi connectivity index (χ4n) is 2.92. The van der Waals surface area contributed by atoms with Crippen molar-refractivity contribution in [3.63, 3.8) is 0 Å². The second-order valence-electron chi connectivity index (χ2n) is 5.57. The van der Waals surface area contributed by atoms with E-state index in [-0.39, 0.29) is 17.9 Å². The number of nitrogens with zero attached hydrogens (tertiary/aromatic N) is 3. The van der Waals surface area contributed by atoms with Crippen molar-refractivity contribution in [1.29, 1.82) is 0 Å². The summed E-state index contributed by atoms with van der Waals surface area (Å²) in [6, 6.07) is 7.62. The number of aromatic nitrogens is 2. The third-order valence-electron chi connectivity index (χ3n) is 4.01. The summed E-state index contributed by atoms with van der Waals surface area (Å²) in [6.07, 6.45) is 0.730. The molecule has 1 aliphatic rings. The third kappa shape index (κ3) is 2.90. The summed E-state index contributed by atoms with van der Waals surface area (Å²) in [7, 11) is 1.83. The molecule has 0 spiro atoms. The van der Waals surface area contributed by atoms with Gasteiger partial charge in [0.05, 0.1) is 5.52 Å². The van der Waals surface area contributed by atoms with Gasteiger partial charge in [-0.3, -0.25) is 14.3 Å². The second kappa shape index (κ2) is 6.13. The molecule has 1 atom stereocenters. The lowest BCUT2D eigenvalue weighted by atomic mass is 10.2. The van der Waals surface area contributed by atoms with Crippen LogP contribution < -0.4 is 5.32 Å². The maximum Gasteiger partial charge on any atom is 0.296 e. The van der Waals surface area contributed by atoms with Gasteiger partial charge in [0, 0.05) is 31.6 Å². The van der Waals surface area contributed by atoms with E-state index in [1.54, 1.807) is 16.5 Å². The zero-order valence-corrected chi connectivity index (χ0v) is 13.2. The molecular weight excluding hydrogens is 292 g/mol. The molecule has 2 aromatic rings. The van der Waals surface area contributed by atoms with Crippen molar-refractivity contribution < 1.29 is 9.59 Å². The maximum absolute atomic E-state index is 12.7. The molecule has 0 radical (unpaired) electrons. The van der Waals surface area contributed by atoms with Crippen molar-refractivity contribution in [3.05, 3.63) is 30.0 Å². The smallest absolute Gasteiger partial charge is 0.296 e. The molecule has 1 fully saturated rings. The Morgan fingerprint density at radius 2 is 2.13 bits per heavy atom. The minimum absolute atomic E-state index is 0.0534. The number of rotatable bonds is 2. The molecule has 1 aromatic carbocycles. The minimum Gasteiger partial charge on any atom is -0.341 e. The van der Waals surface area contributed by atoms with E-state index < -0.39 is 0 Å². The van der Waals surface area contributed by atoms with Crippen molar-refractivity contribution in [1.82, 2.24) is 20.0 Å². The number of likely N-dealkylation sites (tertiary alicyclic amines) is 1. The summed E-state index contributed by atoms with van der Waals surface area (Å²) in [4.78, 5) is 26.0. The number of benzene rings is 1. The van der Waals surface area contributed by atoms with Gasteiger partial charge in [0.2, 0.25) is 0 Å². The molecule has 6 nitrogen and oxygen atoms in total. The zero-order valence-electron chi connectivity index (χ0n) is 13.2. The molecule has 0 bridgehead atoms. The molecule has 1 unspecified atom stereocenters. The number of hydrogen-bond acceptors (Lipinski definition) is 3. The molecule has 3 rings (SSSR count). The summed E-state index contributed by atoms with van der Waals surface area (Å²) in [5, 5.41) is 8.04. The van der Waals surface area contributed by atoms with Crippen LogP contribution in [0.4, 0.5) is 0 Å². The van der Waals surface area contributed by atoms with Crippen LogP contribution in [-0.2, 0) is 11.8 Å². The highest BCUT2D eigenvalue weighted by Crippen LogP contribution is 2.21. The Bertz CT molecular complexity index is 828. The fraction of sp³-hybridized carbons (Fsp3) is 0.353. The van der Waals surface area contributed by atoms with Crippen LogP contribution in [0.2, 0.25) is 0 Å². The van der Waals surface area contributed by atoms with Crippen LogP contribution in [0.3, 0.4) is 0 Å². The Labute approximate surface area is 134 Å². The van der Waals surface area contributed by atoms with Gasteiger partial charge >= 0.3 is 0 Å².